The van der Waals surface area contributed by atoms with Crippen molar-refractivity contribution in [1.82, 2.24) is 14.8 Å². The van der Waals surface area contributed by atoms with Crippen molar-refractivity contribution in [3.8, 4) is 11.5 Å². The molecule has 2 aromatic carbocycles. The van der Waals surface area contributed by atoms with Crippen LogP contribution in [0.25, 0.3) is 0 Å². The number of methoxy groups -OCH3 is 1. The summed E-state index contributed by atoms with van der Waals surface area (Å²) in [6, 6.07) is 15.3. The summed E-state index contributed by atoms with van der Waals surface area (Å²) in [6.07, 6.45) is 0. The summed E-state index contributed by atoms with van der Waals surface area (Å²) < 4.78 is 12.7. The summed E-state index contributed by atoms with van der Waals surface area (Å²) in [7, 11) is 3.48. The molecule has 0 aliphatic heterocycles. The predicted octanol–water partition coefficient (Wildman–Crippen LogP) is 4.26. The van der Waals surface area contributed by atoms with Crippen molar-refractivity contribution in [2.75, 3.05) is 18.2 Å². The molecule has 0 bridgehead atoms. The number of thioether (sulfide) groups is 1. The molecule has 0 saturated carbocycles. The van der Waals surface area contributed by atoms with Crippen LogP contribution in [0.15, 0.2) is 53.7 Å². The standard InChI is InChI=1S/C22H26N4O3S/c1-15(2)16-5-7-17(8-6-16)23-21(27)14-30-22-25-24-20(26(22)3)13-29-19-11-9-18(28-4)10-12-19/h5-12,15H,13-14H2,1-4H3,(H,23,27). The number of anilines is 1. The second-order valence-electron chi connectivity index (χ2n) is 7.04. The van der Waals surface area contributed by atoms with Gasteiger partial charge in [-0.1, -0.05) is 37.7 Å². The Bertz CT molecular complexity index is 969. The van der Waals surface area contributed by atoms with Gasteiger partial charge in [0.25, 0.3) is 0 Å². The van der Waals surface area contributed by atoms with Gasteiger partial charge in [0, 0.05) is 12.7 Å². The van der Waals surface area contributed by atoms with Crippen molar-refractivity contribution in [3.63, 3.8) is 0 Å². The summed E-state index contributed by atoms with van der Waals surface area (Å²) in [6.45, 7) is 4.56. The van der Waals surface area contributed by atoms with Crippen molar-refractivity contribution in [2.45, 2.75) is 31.5 Å². The minimum Gasteiger partial charge on any atom is -0.497 e. The van der Waals surface area contributed by atoms with Crippen LogP contribution in [0.1, 0.15) is 31.2 Å². The molecule has 0 spiro atoms. The molecule has 0 radical (unpaired) electrons. The van der Waals surface area contributed by atoms with E-state index in [1.54, 1.807) is 7.11 Å². The fourth-order valence-corrected chi connectivity index (χ4v) is 3.42. The molecule has 0 aliphatic rings. The van der Waals surface area contributed by atoms with Crippen LogP contribution >= 0.6 is 11.8 Å². The average molecular weight is 427 g/mol. The zero-order chi connectivity index (χ0) is 21.5. The number of nitrogens with zero attached hydrogens (tertiary/aromatic N) is 3. The summed E-state index contributed by atoms with van der Waals surface area (Å²) in [5, 5.41) is 11.9. The fraction of sp³-hybridized carbons (Fsp3) is 0.318. The molecule has 3 rings (SSSR count). The van der Waals surface area contributed by atoms with Crippen LogP contribution in [0.3, 0.4) is 0 Å². The predicted molar refractivity (Wildman–Crippen MR) is 118 cm³/mol. The normalized spacial score (nSPS) is 10.8. The Hall–Kier alpha value is -3.00. The lowest BCUT2D eigenvalue weighted by Gasteiger charge is -2.09. The third kappa shape index (κ3) is 5.76. The lowest BCUT2D eigenvalue weighted by molar-refractivity contribution is -0.113. The first-order valence-electron chi connectivity index (χ1n) is 9.64. The van der Waals surface area contributed by atoms with Crippen LogP contribution in [-0.2, 0) is 18.4 Å². The molecular formula is C22H26N4O3S. The second-order valence-corrected chi connectivity index (χ2v) is 7.98. The number of carbonyl (C=O) groups excluding carboxylic acids is 1. The van der Waals surface area contributed by atoms with E-state index in [9.17, 15) is 4.79 Å². The molecule has 8 heteroatoms. The molecule has 1 amide bonds. The molecule has 3 aromatic rings. The molecule has 0 fully saturated rings. The van der Waals surface area contributed by atoms with Gasteiger partial charge in [0.05, 0.1) is 12.9 Å². The van der Waals surface area contributed by atoms with E-state index in [1.165, 1.54) is 17.3 Å². The van der Waals surface area contributed by atoms with E-state index in [2.05, 4.69) is 29.4 Å². The SMILES string of the molecule is COc1ccc(OCc2nnc(SCC(=O)Nc3ccc(C(C)C)cc3)n2C)cc1. The highest BCUT2D eigenvalue weighted by atomic mass is 32.2. The van der Waals surface area contributed by atoms with Gasteiger partial charge in [0.1, 0.15) is 18.1 Å². The minimum absolute atomic E-state index is 0.0867. The smallest absolute Gasteiger partial charge is 0.234 e. The quantitative estimate of drug-likeness (QED) is 0.515. The van der Waals surface area contributed by atoms with E-state index in [0.29, 0.717) is 16.9 Å². The first-order valence-corrected chi connectivity index (χ1v) is 10.6. The van der Waals surface area contributed by atoms with E-state index in [1.807, 2.05) is 60.1 Å². The molecule has 1 heterocycles. The van der Waals surface area contributed by atoms with Crippen LogP contribution in [-0.4, -0.2) is 33.5 Å². The average Bonchev–Trinajstić information content (AvgIpc) is 3.11. The summed E-state index contributed by atoms with van der Waals surface area (Å²) in [4.78, 5) is 12.3. The lowest BCUT2D eigenvalue weighted by atomic mass is 10.0. The minimum atomic E-state index is -0.0867. The lowest BCUT2D eigenvalue weighted by Crippen LogP contribution is -2.14. The van der Waals surface area contributed by atoms with Gasteiger partial charge in [-0.2, -0.15) is 0 Å². The number of hydrogen-bond donors (Lipinski definition) is 1. The molecule has 0 atom stereocenters. The number of aromatic nitrogens is 3. The number of nitrogens with one attached hydrogen (secondary N) is 1. The number of carbonyl (C=O) groups is 1. The fourth-order valence-electron chi connectivity index (χ4n) is 2.69. The topological polar surface area (TPSA) is 78.3 Å². The molecule has 1 aromatic heterocycles. The maximum absolute atomic E-state index is 12.3. The summed E-state index contributed by atoms with van der Waals surface area (Å²) >= 11 is 1.34. The van der Waals surface area contributed by atoms with Gasteiger partial charge >= 0.3 is 0 Å². The maximum atomic E-state index is 12.3. The van der Waals surface area contributed by atoms with Crippen molar-refractivity contribution in [1.29, 1.82) is 0 Å². The Labute approximate surface area is 180 Å². The maximum Gasteiger partial charge on any atom is 0.234 e. The Morgan fingerprint density at radius 3 is 2.37 bits per heavy atom. The van der Waals surface area contributed by atoms with Gasteiger partial charge in [-0.3, -0.25) is 4.79 Å². The van der Waals surface area contributed by atoms with E-state index in [-0.39, 0.29) is 18.3 Å². The zero-order valence-electron chi connectivity index (χ0n) is 17.6. The van der Waals surface area contributed by atoms with E-state index in [0.717, 1.165) is 17.2 Å². The summed E-state index contributed by atoms with van der Waals surface area (Å²) in [5.74, 6) is 2.79. The number of ether oxygens (including phenoxy) is 2. The van der Waals surface area contributed by atoms with Crippen molar-refractivity contribution >= 4 is 23.4 Å². The molecule has 0 aliphatic carbocycles. The Kier molecular flexibility index (Phi) is 7.35. The van der Waals surface area contributed by atoms with Gasteiger partial charge < -0.3 is 19.4 Å². The summed E-state index contributed by atoms with van der Waals surface area (Å²) in [5.41, 5.74) is 2.03. The number of rotatable bonds is 9. The van der Waals surface area contributed by atoms with E-state index >= 15 is 0 Å². The first-order chi connectivity index (χ1) is 14.5. The number of benzene rings is 2. The van der Waals surface area contributed by atoms with Gasteiger partial charge in [-0.05, 0) is 47.9 Å². The van der Waals surface area contributed by atoms with Crippen LogP contribution < -0.4 is 14.8 Å². The molecule has 0 unspecified atom stereocenters. The highest BCUT2D eigenvalue weighted by Crippen LogP contribution is 2.21. The Morgan fingerprint density at radius 2 is 1.73 bits per heavy atom. The second kappa shape index (κ2) is 10.2. The number of hydrogen-bond acceptors (Lipinski definition) is 6. The van der Waals surface area contributed by atoms with Crippen LogP contribution in [0, 0.1) is 0 Å². The molecule has 158 valence electrons. The van der Waals surface area contributed by atoms with E-state index < -0.39 is 0 Å². The third-order valence-electron chi connectivity index (χ3n) is 4.55. The zero-order valence-corrected chi connectivity index (χ0v) is 18.4. The van der Waals surface area contributed by atoms with Crippen LogP contribution in [0.2, 0.25) is 0 Å². The molecule has 1 N–H and O–H groups in total. The van der Waals surface area contributed by atoms with Crippen LogP contribution in [0.5, 0.6) is 11.5 Å². The molecule has 30 heavy (non-hydrogen) atoms. The highest BCUT2D eigenvalue weighted by Gasteiger charge is 2.12. The third-order valence-corrected chi connectivity index (χ3v) is 5.57. The monoisotopic (exact) mass is 426 g/mol. The van der Waals surface area contributed by atoms with E-state index in [4.69, 9.17) is 9.47 Å². The molecule has 7 nitrogen and oxygen atoms in total. The van der Waals surface area contributed by atoms with Crippen molar-refractivity contribution in [3.05, 3.63) is 59.9 Å². The Balaban J connectivity index is 1.49. The first kappa shape index (κ1) is 21.7. The molecule has 0 saturated heterocycles. The van der Waals surface area contributed by atoms with Crippen molar-refractivity contribution in [2.24, 2.45) is 7.05 Å². The van der Waals surface area contributed by atoms with Crippen LogP contribution in [0.4, 0.5) is 5.69 Å². The highest BCUT2D eigenvalue weighted by molar-refractivity contribution is 7.99. The van der Waals surface area contributed by atoms with Gasteiger partial charge in [-0.25, -0.2) is 0 Å². The Morgan fingerprint density at radius 1 is 1.07 bits per heavy atom. The van der Waals surface area contributed by atoms with Gasteiger partial charge in [0.2, 0.25) is 5.91 Å². The van der Waals surface area contributed by atoms with Crippen molar-refractivity contribution < 1.29 is 14.3 Å². The van der Waals surface area contributed by atoms with Gasteiger partial charge in [0.15, 0.2) is 11.0 Å². The van der Waals surface area contributed by atoms with Gasteiger partial charge in [-0.15, -0.1) is 10.2 Å². The largest absolute Gasteiger partial charge is 0.497 e. The molecular weight excluding hydrogens is 400 g/mol. The number of amides is 1.